The van der Waals surface area contributed by atoms with E-state index >= 15 is 0 Å². The van der Waals surface area contributed by atoms with Crippen LogP contribution >= 0.6 is 0 Å². The molecular formula is C54H110O6. The molecule has 0 radical (unpaired) electrons. The Balaban J connectivity index is -0.000000422. The zero-order chi connectivity index (χ0) is 46.7. The number of unbranched alkanes of at least 4 members (excludes halogenated alkanes) is 4. The van der Waals surface area contributed by atoms with Gasteiger partial charge in [-0.25, -0.2) is 0 Å². The van der Waals surface area contributed by atoms with E-state index in [9.17, 15) is 14.4 Å². The third kappa shape index (κ3) is 49.1. The van der Waals surface area contributed by atoms with E-state index in [-0.39, 0.29) is 17.8 Å². The van der Waals surface area contributed by atoms with Crippen molar-refractivity contribution < 1.29 is 29.7 Å². The lowest BCUT2D eigenvalue weighted by molar-refractivity contribution is -0.143. The van der Waals surface area contributed by atoms with Crippen molar-refractivity contribution in [3.05, 3.63) is 0 Å². The molecule has 6 nitrogen and oxygen atoms in total. The second-order valence-corrected chi connectivity index (χ2v) is 20.0. The van der Waals surface area contributed by atoms with Crippen molar-refractivity contribution in [3.8, 4) is 0 Å². The molecule has 0 rings (SSSR count). The number of rotatable bonds is 36. The molecule has 0 bridgehead atoms. The lowest BCUT2D eigenvalue weighted by Gasteiger charge is -2.16. The molecular weight excluding hydrogens is 745 g/mol. The SMILES string of the molecule is CC(C)CCCC(C)CCCC(C)CCCCC(C)CCCC(C)CCCC(C)C.CCCCC(CC)C(=O)O.CCCCC(CC)C(=O)O.CCCCC(CC)C(=O)O. The van der Waals surface area contributed by atoms with Crippen LogP contribution in [0.2, 0.25) is 0 Å². The van der Waals surface area contributed by atoms with E-state index in [1.54, 1.807) is 0 Å². The molecule has 7 unspecified atom stereocenters. The zero-order valence-electron chi connectivity index (χ0n) is 43.1. The van der Waals surface area contributed by atoms with Crippen molar-refractivity contribution in [2.75, 3.05) is 0 Å². The minimum Gasteiger partial charge on any atom is -0.481 e. The van der Waals surface area contributed by atoms with E-state index in [2.05, 4.69) is 76.2 Å². The van der Waals surface area contributed by atoms with Crippen molar-refractivity contribution in [1.82, 2.24) is 0 Å². The van der Waals surface area contributed by atoms with Crippen LogP contribution in [0, 0.1) is 53.3 Å². The summed E-state index contributed by atoms with van der Waals surface area (Å²) in [5.41, 5.74) is 0. The summed E-state index contributed by atoms with van der Waals surface area (Å²) in [6, 6.07) is 0. The van der Waals surface area contributed by atoms with Crippen LogP contribution in [0.1, 0.15) is 277 Å². The van der Waals surface area contributed by atoms with Gasteiger partial charge in [0.05, 0.1) is 17.8 Å². The Kier molecular flexibility index (Phi) is 50.8. The Morgan fingerprint density at radius 1 is 0.300 bits per heavy atom. The van der Waals surface area contributed by atoms with Gasteiger partial charge in [0.25, 0.3) is 0 Å². The molecule has 0 aromatic rings. The molecule has 0 aliphatic carbocycles. The van der Waals surface area contributed by atoms with Gasteiger partial charge in [-0.15, -0.1) is 0 Å². The second kappa shape index (κ2) is 46.9. The van der Waals surface area contributed by atoms with Crippen LogP contribution in [0.4, 0.5) is 0 Å². The summed E-state index contributed by atoms with van der Waals surface area (Å²) < 4.78 is 0. The molecule has 0 aromatic heterocycles. The predicted octanol–water partition coefficient (Wildman–Crippen LogP) is 17.9. The van der Waals surface area contributed by atoms with Gasteiger partial charge in [0.15, 0.2) is 0 Å². The van der Waals surface area contributed by atoms with Crippen molar-refractivity contribution in [1.29, 1.82) is 0 Å². The van der Waals surface area contributed by atoms with Crippen molar-refractivity contribution in [2.24, 2.45) is 53.3 Å². The smallest absolute Gasteiger partial charge is 0.306 e. The Hall–Kier alpha value is -1.59. The van der Waals surface area contributed by atoms with Gasteiger partial charge in [-0.2, -0.15) is 0 Å². The Bertz CT molecular complexity index is 820. The van der Waals surface area contributed by atoms with Gasteiger partial charge in [0.2, 0.25) is 0 Å². The highest BCUT2D eigenvalue weighted by Crippen LogP contribution is 2.24. The number of hydrogen-bond donors (Lipinski definition) is 3. The fourth-order valence-corrected chi connectivity index (χ4v) is 7.80. The highest BCUT2D eigenvalue weighted by atomic mass is 16.4. The topological polar surface area (TPSA) is 112 Å². The maximum Gasteiger partial charge on any atom is 0.306 e. The summed E-state index contributed by atoms with van der Waals surface area (Å²) >= 11 is 0. The van der Waals surface area contributed by atoms with E-state index in [0.717, 1.165) is 113 Å². The van der Waals surface area contributed by atoms with Gasteiger partial charge in [-0.1, -0.05) is 238 Å². The third-order valence-corrected chi connectivity index (χ3v) is 12.6. The molecule has 3 N–H and O–H groups in total. The summed E-state index contributed by atoms with van der Waals surface area (Å²) in [5.74, 6) is 3.25. The van der Waals surface area contributed by atoms with Gasteiger partial charge in [-0.05, 0) is 74.0 Å². The zero-order valence-corrected chi connectivity index (χ0v) is 43.1. The molecule has 0 aromatic carbocycles. The van der Waals surface area contributed by atoms with Crippen LogP contribution in [0.3, 0.4) is 0 Å². The van der Waals surface area contributed by atoms with Gasteiger partial charge >= 0.3 is 17.9 Å². The Morgan fingerprint density at radius 3 is 0.667 bits per heavy atom. The third-order valence-electron chi connectivity index (χ3n) is 12.6. The fraction of sp³-hybridized carbons (Fsp3) is 0.944. The van der Waals surface area contributed by atoms with E-state index in [1.165, 1.54) is 103 Å². The minimum atomic E-state index is -0.643. The molecule has 0 amide bonds. The van der Waals surface area contributed by atoms with E-state index < -0.39 is 17.9 Å². The molecule has 0 aliphatic heterocycles. The van der Waals surface area contributed by atoms with Crippen LogP contribution in [0.25, 0.3) is 0 Å². The summed E-state index contributed by atoms with van der Waals surface area (Å²) in [6.45, 7) is 31.3. The summed E-state index contributed by atoms with van der Waals surface area (Å²) in [7, 11) is 0. The summed E-state index contributed by atoms with van der Waals surface area (Å²) in [5, 5.41) is 25.8. The normalized spacial score (nSPS) is 14.6. The first-order valence-corrected chi connectivity index (χ1v) is 26.0. The molecule has 6 heteroatoms. The molecule has 0 aliphatic rings. The maximum atomic E-state index is 10.4. The first-order chi connectivity index (χ1) is 28.4. The van der Waals surface area contributed by atoms with Crippen LogP contribution in [0.5, 0.6) is 0 Å². The molecule has 7 atom stereocenters. The average molecular weight is 855 g/mol. The highest BCUT2D eigenvalue weighted by Gasteiger charge is 2.15. The largest absolute Gasteiger partial charge is 0.481 e. The van der Waals surface area contributed by atoms with Gasteiger partial charge in [0.1, 0.15) is 0 Å². The quantitative estimate of drug-likeness (QED) is 0.0541. The number of hydrogen-bond acceptors (Lipinski definition) is 3. The first kappa shape index (κ1) is 65.0. The van der Waals surface area contributed by atoms with Crippen LogP contribution in [0.15, 0.2) is 0 Å². The average Bonchev–Trinajstić information content (AvgIpc) is 3.17. The molecule has 0 saturated carbocycles. The molecule has 60 heavy (non-hydrogen) atoms. The van der Waals surface area contributed by atoms with E-state index in [1.807, 2.05) is 20.8 Å². The summed E-state index contributed by atoms with van der Waals surface area (Å²) in [4.78, 5) is 31.3. The second-order valence-electron chi connectivity index (χ2n) is 20.0. The predicted molar refractivity (Wildman–Crippen MR) is 263 cm³/mol. The highest BCUT2D eigenvalue weighted by molar-refractivity contribution is 5.70. The Morgan fingerprint density at radius 2 is 0.500 bits per heavy atom. The van der Waals surface area contributed by atoms with Crippen molar-refractivity contribution in [2.45, 2.75) is 277 Å². The number of carbonyl (C=O) groups is 3. The number of carboxylic acids is 3. The van der Waals surface area contributed by atoms with Crippen LogP contribution in [-0.4, -0.2) is 33.2 Å². The lowest BCUT2D eigenvalue weighted by atomic mass is 9.90. The molecule has 0 spiro atoms. The van der Waals surface area contributed by atoms with Crippen LogP contribution < -0.4 is 0 Å². The van der Waals surface area contributed by atoms with Gasteiger partial charge in [-0.3, -0.25) is 14.4 Å². The molecule has 0 saturated heterocycles. The Labute approximate surface area is 376 Å². The molecule has 362 valence electrons. The van der Waals surface area contributed by atoms with Crippen molar-refractivity contribution >= 4 is 17.9 Å². The van der Waals surface area contributed by atoms with Crippen LogP contribution in [-0.2, 0) is 14.4 Å². The van der Waals surface area contributed by atoms with Gasteiger partial charge < -0.3 is 15.3 Å². The monoisotopic (exact) mass is 855 g/mol. The van der Waals surface area contributed by atoms with Crippen molar-refractivity contribution in [3.63, 3.8) is 0 Å². The van der Waals surface area contributed by atoms with E-state index in [4.69, 9.17) is 15.3 Å². The first-order valence-electron chi connectivity index (χ1n) is 26.0. The standard InChI is InChI=1S/C30H62.3C8H16O2/c1-25(2)15-11-19-29(7)23-13-21-27(5)17-9-10-18-28(6)22-14-24-30(8)20-12-16-26(3)4;3*1-3-5-6-7(4-2)8(9)10/h25-30H,9-24H2,1-8H3;3*7H,3-6H2,1-2H3,(H,9,10). The van der Waals surface area contributed by atoms with Gasteiger partial charge in [0, 0.05) is 0 Å². The fourth-order valence-electron chi connectivity index (χ4n) is 7.80. The number of aliphatic carboxylic acids is 3. The molecule has 0 heterocycles. The minimum absolute atomic E-state index is 0.111. The maximum absolute atomic E-state index is 10.4. The lowest BCUT2D eigenvalue weighted by Crippen LogP contribution is -2.11. The summed E-state index contributed by atoms with van der Waals surface area (Å²) in [6.07, 6.45) is 34.3. The number of carboxylic acid groups (broad SMARTS) is 3. The van der Waals surface area contributed by atoms with E-state index in [0.29, 0.717) is 0 Å². The molecule has 0 fully saturated rings.